The first-order valence-electron chi connectivity index (χ1n) is 11.5. The average molecular weight is 459 g/mol. The van der Waals surface area contributed by atoms with E-state index in [1.165, 1.54) is 4.57 Å². The summed E-state index contributed by atoms with van der Waals surface area (Å²) in [5.41, 5.74) is 1.50. The van der Waals surface area contributed by atoms with Crippen molar-refractivity contribution in [3.63, 3.8) is 0 Å². The molecule has 1 aliphatic heterocycles. The maximum absolute atomic E-state index is 13.0. The number of nitrogens with zero attached hydrogens (tertiary/aromatic N) is 8. The van der Waals surface area contributed by atoms with Gasteiger partial charge in [-0.1, -0.05) is 5.16 Å². The Balaban J connectivity index is 1.52. The number of aromatic nitrogens is 4. The third kappa shape index (κ3) is 3.51. The van der Waals surface area contributed by atoms with Crippen LogP contribution < -0.4 is 10.5 Å². The molecule has 0 N–H and O–H groups in total. The highest BCUT2D eigenvalue weighted by molar-refractivity contribution is 5.92. The second-order valence-corrected chi connectivity index (χ2v) is 9.36. The van der Waals surface area contributed by atoms with Crippen LogP contribution in [0, 0.1) is 22.7 Å². The Kier molecular flexibility index (Phi) is 5.34. The van der Waals surface area contributed by atoms with E-state index in [4.69, 9.17) is 4.52 Å². The summed E-state index contributed by atoms with van der Waals surface area (Å²) in [5, 5.41) is 23.5. The summed E-state index contributed by atoms with van der Waals surface area (Å²) in [6.07, 6.45) is 2.24. The van der Waals surface area contributed by atoms with Crippen molar-refractivity contribution in [2.75, 3.05) is 18.0 Å². The van der Waals surface area contributed by atoms with Gasteiger partial charge in [-0.2, -0.15) is 15.5 Å². The summed E-state index contributed by atoms with van der Waals surface area (Å²) >= 11 is 0. The van der Waals surface area contributed by atoms with Crippen molar-refractivity contribution in [1.29, 1.82) is 10.5 Å². The summed E-state index contributed by atoms with van der Waals surface area (Å²) in [7, 11) is 1.62. The number of hydrogen-bond donors (Lipinski definition) is 0. The number of aryl methyl sites for hydroxylation is 1. The lowest BCUT2D eigenvalue weighted by atomic mass is 10.0. The molecule has 3 aromatic heterocycles. The maximum atomic E-state index is 13.0. The highest BCUT2D eigenvalue weighted by atomic mass is 16.5. The molecule has 34 heavy (non-hydrogen) atoms. The molecule has 1 saturated carbocycles. The van der Waals surface area contributed by atoms with Crippen LogP contribution in [0.3, 0.4) is 0 Å². The van der Waals surface area contributed by atoms with E-state index < -0.39 is 0 Å². The lowest BCUT2D eigenvalue weighted by Crippen LogP contribution is -2.57. The van der Waals surface area contributed by atoms with Crippen LogP contribution >= 0.6 is 0 Å². The van der Waals surface area contributed by atoms with E-state index in [2.05, 4.69) is 57.8 Å². The third-order valence-electron chi connectivity index (χ3n) is 7.02. The van der Waals surface area contributed by atoms with Gasteiger partial charge in [0, 0.05) is 38.1 Å². The molecule has 0 bridgehead atoms. The van der Waals surface area contributed by atoms with Crippen LogP contribution in [0.2, 0.25) is 0 Å². The zero-order valence-electron chi connectivity index (χ0n) is 19.7. The summed E-state index contributed by atoms with van der Waals surface area (Å²) in [6, 6.07) is 7.46. The van der Waals surface area contributed by atoms with E-state index in [-0.39, 0.29) is 34.9 Å². The number of fused-ring (bicyclic) bond motifs is 1. The second kappa shape index (κ2) is 8.23. The van der Waals surface area contributed by atoms with Gasteiger partial charge in [0.25, 0.3) is 5.56 Å². The van der Waals surface area contributed by atoms with Gasteiger partial charge in [0.2, 0.25) is 5.89 Å². The molecule has 1 aliphatic carbocycles. The van der Waals surface area contributed by atoms with Gasteiger partial charge in [0.1, 0.15) is 28.9 Å². The summed E-state index contributed by atoms with van der Waals surface area (Å²) < 4.78 is 7.00. The predicted octanol–water partition coefficient (Wildman–Crippen LogP) is 2.60. The number of anilines is 1. The Morgan fingerprint density at radius 2 is 1.88 bits per heavy atom. The standard InChI is InChI=1S/C24H26N8O2/c1-13-12-32(14(2)11-31(13)15(3)23-28-22(29-34-23)16-5-6-16)21-18(10-26)24(33)30(4)19-8-7-17(9-25)27-20(19)21/h7-8,13-16H,5-6,11-12H2,1-4H3/t13-,14+,15?/m1/s1. The third-order valence-corrected chi connectivity index (χ3v) is 7.02. The van der Waals surface area contributed by atoms with Gasteiger partial charge in [-0.05, 0) is 45.7 Å². The van der Waals surface area contributed by atoms with Crippen LogP contribution in [0.25, 0.3) is 11.0 Å². The van der Waals surface area contributed by atoms with Crippen LogP contribution in [0.4, 0.5) is 5.69 Å². The van der Waals surface area contributed by atoms with Crippen LogP contribution in [0.1, 0.15) is 68.5 Å². The molecule has 0 aromatic carbocycles. The molecule has 2 aliphatic rings. The smallest absolute Gasteiger partial charge is 0.270 e. The molecular weight excluding hydrogens is 432 g/mol. The number of rotatable bonds is 4. The SMILES string of the molecule is CC(c1nc(C2CC2)no1)N1C[C@H](C)N(c2c(C#N)c(=O)n(C)c3ccc(C#N)nc23)C[C@H]1C. The summed E-state index contributed by atoms with van der Waals surface area (Å²) in [5.74, 6) is 1.85. The molecule has 0 spiro atoms. The quantitative estimate of drug-likeness (QED) is 0.579. The highest BCUT2D eigenvalue weighted by Crippen LogP contribution is 2.39. The monoisotopic (exact) mass is 458 g/mol. The summed E-state index contributed by atoms with van der Waals surface area (Å²) in [4.78, 5) is 26.6. The van der Waals surface area contributed by atoms with E-state index in [1.807, 2.05) is 0 Å². The van der Waals surface area contributed by atoms with Crippen LogP contribution in [0.5, 0.6) is 0 Å². The maximum Gasteiger partial charge on any atom is 0.270 e. The molecule has 3 aromatic rings. The fourth-order valence-corrected chi connectivity index (χ4v) is 4.91. The molecule has 0 amide bonds. The van der Waals surface area contributed by atoms with Gasteiger partial charge in [0.15, 0.2) is 5.82 Å². The molecule has 5 rings (SSSR count). The zero-order chi connectivity index (χ0) is 24.1. The van der Waals surface area contributed by atoms with E-state index in [9.17, 15) is 15.3 Å². The predicted molar refractivity (Wildman–Crippen MR) is 124 cm³/mol. The Bertz CT molecular complexity index is 1410. The lowest BCUT2D eigenvalue weighted by Gasteiger charge is -2.47. The second-order valence-electron chi connectivity index (χ2n) is 9.36. The molecule has 174 valence electrons. The van der Waals surface area contributed by atoms with Gasteiger partial charge in [-0.25, -0.2) is 4.98 Å². The van der Waals surface area contributed by atoms with E-state index in [0.29, 0.717) is 41.6 Å². The fourth-order valence-electron chi connectivity index (χ4n) is 4.91. The van der Waals surface area contributed by atoms with E-state index >= 15 is 0 Å². The van der Waals surface area contributed by atoms with Gasteiger partial charge in [-0.3, -0.25) is 9.69 Å². The number of pyridine rings is 2. The highest BCUT2D eigenvalue weighted by Gasteiger charge is 2.37. The van der Waals surface area contributed by atoms with Gasteiger partial charge >= 0.3 is 0 Å². The molecule has 3 atom stereocenters. The Labute approximate surface area is 197 Å². The van der Waals surface area contributed by atoms with Crippen LogP contribution in [0.15, 0.2) is 21.5 Å². The minimum atomic E-state index is -0.370. The van der Waals surface area contributed by atoms with Crippen molar-refractivity contribution in [2.24, 2.45) is 7.05 Å². The molecule has 4 heterocycles. The molecule has 1 unspecified atom stereocenters. The molecular formula is C24H26N8O2. The van der Waals surface area contributed by atoms with Gasteiger partial charge in [-0.15, -0.1) is 0 Å². The molecule has 10 nitrogen and oxygen atoms in total. The van der Waals surface area contributed by atoms with Crippen molar-refractivity contribution in [2.45, 2.75) is 57.7 Å². The normalized spacial score (nSPS) is 21.9. The van der Waals surface area contributed by atoms with Crippen molar-refractivity contribution in [3.8, 4) is 12.1 Å². The minimum Gasteiger partial charge on any atom is -0.363 e. The Morgan fingerprint density at radius 1 is 1.12 bits per heavy atom. The number of hydrogen-bond acceptors (Lipinski definition) is 9. The molecule has 10 heteroatoms. The summed E-state index contributed by atoms with van der Waals surface area (Å²) in [6.45, 7) is 7.48. The molecule has 2 fully saturated rings. The van der Waals surface area contributed by atoms with E-state index in [1.54, 1.807) is 19.2 Å². The van der Waals surface area contributed by atoms with Crippen molar-refractivity contribution in [1.82, 2.24) is 24.6 Å². The average Bonchev–Trinajstić information content (AvgIpc) is 3.58. The Hall–Kier alpha value is -3.76. The number of nitriles is 2. The Morgan fingerprint density at radius 3 is 2.56 bits per heavy atom. The van der Waals surface area contributed by atoms with Crippen molar-refractivity contribution in [3.05, 3.63) is 45.5 Å². The van der Waals surface area contributed by atoms with Crippen molar-refractivity contribution < 1.29 is 4.52 Å². The van der Waals surface area contributed by atoms with Gasteiger partial charge in [0.05, 0.1) is 17.2 Å². The first-order valence-corrected chi connectivity index (χ1v) is 11.5. The minimum absolute atomic E-state index is 0.0283. The van der Waals surface area contributed by atoms with E-state index in [0.717, 1.165) is 18.7 Å². The fraction of sp³-hybridized carbons (Fsp3) is 0.500. The lowest BCUT2D eigenvalue weighted by molar-refractivity contribution is 0.0988. The molecule has 1 saturated heterocycles. The largest absolute Gasteiger partial charge is 0.363 e. The van der Waals surface area contributed by atoms with Gasteiger partial charge < -0.3 is 14.0 Å². The molecule has 0 radical (unpaired) electrons. The van der Waals surface area contributed by atoms with Crippen molar-refractivity contribution >= 4 is 16.7 Å². The van der Waals surface area contributed by atoms with Crippen LogP contribution in [-0.4, -0.2) is 49.8 Å². The topological polar surface area (TPSA) is 128 Å². The zero-order valence-corrected chi connectivity index (χ0v) is 19.7. The van der Waals surface area contributed by atoms with Crippen LogP contribution in [-0.2, 0) is 7.05 Å². The first-order chi connectivity index (χ1) is 16.3. The number of piperazine rings is 1. The first kappa shape index (κ1) is 22.1.